The molecule has 0 unspecified atom stereocenters. The van der Waals surface area contributed by atoms with Gasteiger partial charge in [0.2, 0.25) is 0 Å². The van der Waals surface area contributed by atoms with Crippen LogP contribution in [0.4, 0.5) is 0 Å². The summed E-state index contributed by atoms with van der Waals surface area (Å²) in [6.07, 6.45) is -0.167. The molecule has 0 spiro atoms. The van der Waals surface area contributed by atoms with Crippen LogP contribution in [0.1, 0.15) is 13.8 Å². The van der Waals surface area contributed by atoms with Gasteiger partial charge >= 0.3 is 0 Å². The van der Waals surface area contributed by atoms with Gasteiger partial charge in [0.1, 0.15) is 0 Å². The monoisotopic (exact) mass is 150 g/mol. The second kappa shape index (κ2) is 4.96. The van der Waals surface area contributed by atoms with Gasteiger partial charge in [-0.25, -0.2) is 0 Å². The maximum Gasteiger partial charge on any atom is 0.179 e. The van der Waals surface area contributed by atoms with E-state index >= 15 is 0 Å². The van der Waals surface area contributed by atoms with E-state index in [-0.39, 0.29) is 6.10 Å². The molecule has 0 saturated heterocycles. The van der Waals surface area contributed by atoms with Crippen molar-refractivity contribution in [1.82, 2.24) is 0 Å². The Balaban J connectivity index is 0. The van der Waals surface area contributed by atoms with Gasteiger partial charge in [-0.05, 0) is 33.5 Å². The summed E-state index contributed by atoms with van der Waals surface area (Å²) >= 11 is 0. The van der Waals surface area contributed by atoms with Crippen molar-refractivity contribution in [2.24, 2.45) is 0 Å². The molecule has 0 fully saturated rings. The molecular weight excluding hydrogens is 132 g/mol. The third-order valence-corrected chi connectivity index (χ3v) is 0. The summed E-state index contributed by atoms with van der Waals surface area (Å²) in [5.41, 5.74) is 0. The van der Waals surface area contributed by atoms with Gasteiger partial charge in [0.25, 0.3) is 0 Å². The van der Waals surface area contributed by atoms with E-state index in [1.165, 1.54) is 0 Å². The molecule has 0 aliphatic carbocycles. The summed E-state index contributed by atoms with van der Waals surface area (Å²) in [6.45, 7) is 9.09. The lowest BCUT2D eigenvalue weighted by Crippen LogP contribution is -2.17. The zero-order valence-electron chi connectivity index (χ0n) is 6.97. The first-order chi connectivity index (χ1) is 3.73. The first-order valence-corrected chi connectivity index (χ1v) is 6.58. The molecule has 0 heterocycles. The molecule has 3 heteroatoms. The third kappa shape index (κ3) is 16400. The molecule has 0 aliphatic heterocycles. The maximum absolute atomic E-state index is 8.66. The molecule has 0 atom stereocenters. The molecule has 0 saturated carbocycles. The predicted molar refractivity (Wildman–Crippen MR) is 42.9 cm³/mol. The van der Waals surface area contributed by atoms with E-state index < -0.39 is 8.32 Å². The lowest BCUT2D eigenvalue weighted by atomic mass is 10.5. The lowest BCUT2D eigenvalue weighted by molar-refractivity contribution is 0.216. The second-order valence-electron chi connectivity index (χ2n) is 3.26. The third-order valence-electron chi connectivity index (χ3n) is 0. The quantitative estimate of drug-likeness (QED) is 0.509. The minimum atomic E-state index is -1.61. The van der Waals surface area contributed by atoms with Gasteiger partial charge in [-0.3, -0.25) is 0 Å². The summed E-state index contributed by atoms with van der Waals surface area (Å²) in [5, 5.41) is 8.06. The van der Waals surface area contributed by atoms with Crippen molar-refractivity contribution in [2.45, 2.75) is 39.6 Å². The molecule has 9 heavy (non-hydrogen) atoms. The van der Waals surface area contributed by atoms with Crippen molar-refractivity contribution in [3.8, 4) is 0 Å². The van der Waals surface area contributed by atoms with Crippen LogP contribution in [0, 0.1) is 0 Å². The van der Waals surface area contributed by atoms with Crippen molar-refractivity contribution >= 4 is 8.32 Å². The molecule has 2 N–H and O–H groups in total. The zero-order chi connectivity index (χ0) is 8.08. The van der Waals surface area contributed by atoms with E-state index in [1.807, 2.05) is 19.6 Å². The highest BCUT2D eigenvalue weighted by Crippen LogP contribution is 1.88. The maximum atomic E-state index is 8.66. The van der Waals surface area contributed by atoms with Gasteiger partial charge in [-0.2, -0.15) is 0 Å². The number of rotatable bonds is 0. The van der Waals surface area contributed by atoms with Gasteiger partial charge < -0.3 is 9.90 Å². The van der Waals surface area contributed by atoms with Crippen molar-refractivity contribution in [3.63, 3.8) is 0 Å². The highest BCUT2D eigenvalue weighted by atomic mass is 28.4. The van der Waals surface area contributed by atoms with E-state index in [2.05, 4.69) is 0 Å². The van der Waals surface area contributed by atoms with Crippen LogP contribution in [0.15, 0.2) is 0 Å². The summed E-state index contributed by atoms with van der Waals surface area (Å²) in [7, 11) is -1.61. The Morgan fingerprint density at radius 1 is 1.11 bits per heavy atom. The van der Waals surface area contributed by atoms with Crippen molar-refractivity contribution < 1.29 is 9.90 Å². The molecule has 58 valence electrons. The topological polar surface area (TPSA) is 40.5 Å². The zero-order valence-corrected chi connectivity index (χ0v) is 7.97. The van der Waals surface area contributed by atoms with Crippen LogP contribution < -0.4 is 0 Å². The molecule has 0 aromatic carbocycles. The average Bonchev–Trinajstić information content (AvgIpc) is 1.19. The predicted octanol–water partition coefficient (Wildman–Crippen LogP) is 1.20. The molecule has 0 radical (unpaired) electrons. The normalized spacial score (nSPS) is 10.7. The van der Waals surface area contributed by atoms with E-state index in [0.717, 1.165) is 0 Å². The van der Waals surface area contributed by atoms with Crippen LogP contribution in [0.5, 0.6) is 0 Å². The van der Waals surface area contributed by atoms with E-state index in [0.29, 0.717) is 0 Å². The van der Waals surface area contributed by atoms with E-state index in [1.54, 1.807) is 13.8 Å². The summed E-state index contributed by atoms with van der Waals surface area (Å²) < 4.78 is 0. The minimum Gasteiger partial charge on any atom is -0.433 e. The largest absolute Gasteiger partial charge is 0.433 e. The fourth-order valence-corrected chi connectivity index (χ4v) is 0. The number of aliphatic hydroxyl groups is 1. The Morgan fingerprint density at radius 3 is 1.11 bits per heavy atom. The van der Waals surface area contributed by atoms with E-state index in [4.69, 9.17) is 9.90 Å². The lowest BCUT2D eigenvalue weighted by Gasteiger charge is -2.00. The number of hydrogen-bond acceptors (Lipinski definition) is 2. The van der Waals surface area contributed by atoms with Crippen LogP contribution in [-0.2, 0) is 0 Å². The van der Waals surface area contributed by atoms with Gasteiger partial charge in [0.15, 0.2) is 8.32 Å². The standard InChI is InChI=1S/C3H10OSi.C3H8O/c1-5(2,3)4;1-3(2)4/h4H,1-3H3;3-4H,1-2H3. The minimum absolute atomic E-state index is 0.167. The van der Waals surface area contributed by atoms with Gasteiger partial charge in [0, 0.05) is 6.10 Å². The van der Waals surface area contributed by atoms with Gasteiger partial charge in [-0.1, -0.05) is 0 Å². The summed E-state index contributed by atoms with van der Waals surface area (Å²) in [4.78, 5) is 8.66. The molecule has 0 bridgehead atoms. The Hall–Kier alpha value is 0.137. The fourth-order valence-electron chi connectivity index (χ4n) is 0. The van der Waals surface area contributed by atoms with Crippen molar-refractivity contribution in [2.75, 3.05) is 0 Å². The van der Waals surface area contributed by atoms with Crippen LogP contribution in [0.3, 0.4) is 0 Å². The van der Waals surface area contributed by atoms with Crippen LogP contribution in [0.2, 0.25) is 19.6 Å². The first-order valence-electron chi connectivity index (χ1n) is 3.14. The molecular formula is C6H18O2Si. The number of hydrogen-bond donors (Lipinski definition) is 2. The van der Waals surface area contributed by atoms with Gasteiger partial charge in [-0.15, -0.1) is 0 Å². The Kier molecular flexibility index (Phi) is 6.55. The van der Waals surface area contributed by atoms with Crippen molar-refractivity contribution in [3.05, 3.63) is 0 Å². The molecule has 0 rings (SSSR count). The first kappa shape index (κ1) is 11.9. The molecule has 0 amide bonds. The average molecular weight is 150 g/mol. The van der Waals surface area contributed by atoms with Crippen LogP contribution in [0.25, 0.3) is 0 Å². The molecule has 0 aliphatic rings. The van der Waals surface area contributed by atoms with E-state index in [9.17, 15) is 0 Å². The highest BCUT2D eigenvalue weighted by molar-refractivity contribution is 6.68. The molecule has 0 aromatic heterocycles. The second-order valence-corrected chi connectivity index (χ2v) is 7.61. The summed E-state index contributed by atoms with van der Waals surface area (Å²) in [6, 6.07) is 0. The summed E-state index contributed by atoms with van der Waals surface area (Å²) in [5.74, 6) is 0. The fraction of sp³-hybridized carbons (Fsp3) is 1.00. The Labute approximate surface area is 58.7 Å². The Bertz CT molecular complexity index is 47.8. The molecule has 0 aromatic rings. The van der Waals surface area contributed by atoms with Crippen LogP contribution >= 0.6 is 0 Å². The Morgan fingerprint density at radius 2 is 1.11 bits per heavy atom. The SMILES string of the molecule is CC(C)O.C[Si](C)(C)O. The van der Waals surface area contributed by atoms with Crippen LogP contribution in [-0.4, -0.2) is 24.3 Å². The van der Waals surface area contributed by atoms with Gasteiger partial charge in [0.05, 0.1) is 0 Å². The van der Waals surface area contributed by atoms with Crippen molar-refractivity contribution in [1.29, 1.82) is 0 Å². The molecule has 2 nitrogen and oxygen atoms in total. The number of aliphatic hydroxyl groups excluding tert-OH is 1. The smallest absolute Gasteiger partial charge is 0.179 e. The highest BCUT2D eigenvalue weighted by Gasteiger charge is 2.03.